The van der Waals surface area contributed by atoms with Gasteiger partial charge in [0.05, 0.1) is 22.3 Å². The summed E-state index contributed by atoms with van der Waals surface area (Å²) in [5.41, 5.74) is 4.96. The molecule has 1 aromatic heterocycles. The van der Waals surface area contributed by atoms with Gasteiger partial charge in [0, 0.05) is 11.1 Å². The van der Waals surface area contributed by atoms with Gasteiger partial charge in [-0.2, -0.15) is 0 Å². The number of hydrogen-bond donors (Lipinski definition) is 1. The number of aromatic nitrogens is 1. The number of pyridine rings is 1. The number of carbonyl (C=O) groups excluding carboxylic acids is 3. The first-order valence-corrected chi connectivity index (χ1v) is 8.99. The summed E-state index contributed by atoms with van der Waals surface area (Å²) in [5, 5.41) is 3.68. The minimum absolute atomic E-state index is 0.330. The third-order valence-corrected chi connectivity index (χ3v) is 4.83. The van der Waals surface area contributed by atoms with E-state index < -0.39 is 17.7 Å². The van der Waals surface area contributed by atoms with Crippen molar-refractivity contribution >= 4 is 34.3 Å². The zero-order valence-corrected chi connectivity index (χ0v) is 15.9. The fourth-order valence-corrected chi connectivity index (χ4v) is 3.63. The zero-order chi connectivity index (χ0) is 20.0. The number of anilines is 1. The Kier molecular flexibility index (Phi) is 4.19. The van der Waals surface area contributed by atoms with E-state index in [4.69, 9.17) is 0 Å². The first kappa shape index (κ1) is 17.9. The first-order chi connectivity index (χ1) is 13.3. The predicted molar refractivity (Wildman–Crippen MR) is 106 cm³/mol. The van der Waals surface area contributed by atoms with Crippen LogP contribution in [-0.4, -0.2) is 34.2 Å². The molecule has 6 heteroatoms. The highest BCUT2D eigenvalue weighted by Crippen LogP contribution is 2.27. The van der Waals surface area contributed by atoms with Crippen molar-refractivity contribution in [2.75, 3.05) is 11.9 Å². The largest absolute Gasteiger partial charge is 0.324 e. The van der Waals surface area contributed by atoms with Gasteiger partial charge in [-0.15, -0.1) is 0 Å². The smallest absolute Gasteiger partial charge is 0.262 e. The van der Waals surface area contributed by atoms with Crippen LogP contribution in [0.5, 0.6) is 0 Å². The van der Waals surface area contributed by atoms with Crippen LogP contribution in [0.3, 0.4) is 0 Å². The van der Waals surface area contributed by atoms with Gasteiger partial charge >= 0.3 is 0 Å². The summed E-state index contributed by atoms with van der Waals surface area (Å²) in [7, 11) is 0. The second-order valence-electron chi connectivity index (χ2n) is 7.08. The summed E-state index contributed by atoms with van der Waals surface area (Å²) in [6.45, 7) is 5.49. The van der Waals surface area contributed by atoms with Crippen molar-refractivity contribution in [3.05, 3.63) is 70.4 Å². The van der Waals surface area contributed by atoms with Crippen molar-refractivity contribution in [1.82, 2.24) is 9.88 Å². The van der Waals surface area contributed by atoms with Gasteiger partial charge in [0.15, 0.2) is 0 Å². The van der Waals surface area contributed by atoms with E-state index in [0.717, 1.165) is 32.6 Å². The van der Waals surface area contributed by atoms with E-state index in [-0.39, 0.29) is 6.54 Å². The number of nitrogens with zero attached hydrogens (tertiary/aromatic N) is 2. The quantitative estimate of drug-likeness (QED) is 0.714. The molecule has 4 rings (SSSR count). The van der Waals surface area contributed by atoms with Gasteiger partial charge in [0.1, 0.15) is 6.54 Å². The number of aryl methyl sites for hydroxylation is 3. The Labute approximate surface area is 162 Å². The summed E-state index contributed by atoms with van der Waals surface area (Å²) in [5.74, 6) is -1.32. The molecule has 0 fully saturated rings. The number of hydrogen-bond acceptors (Lipinski definition) is 4. The van der Waals surface area contributed by atoms with Crippen molar-refractivity contribution < 1.29 is 14.4 Å². The van der Waals surface area contributed by atoms with Gasteiger partial charge in [-0.05, 0) is 50.6 Å². The Balaban J connectivity index is 1.62. The highest BCUT2D eigenvalue weighted by atomic mass is 16.2. The second-order valence-corrected chi connectivity index (χ2v) is 7.08. The van der Waals surface area contributed by atoms with Crippen molar-refractivity contribution in [3.8, 4) is 0 Å². The number of nitrogens with one attached hydrogen (secondary N) is 1. The lowest BCUT2D eigenvalue weighted by atomic mass is 10.0. The topological polar surface area (TPSA) is 79.4 Å². The molecule has 1 N–H and O–H groups in total. The minimum Gasteiger partial charge on any atom is -0.324 e. The fourth-order valence-electron chi connectivity index (χ4n) is 3.63. The summed E-state index contributed by atoms with van der Waals surface area (Å²) in [6.07, 6.45) is 0. The lowest BCUT2D eigenvalue weighted by Crippen LogP contribution is -2.37. The van der Waals surface area contributed by atoms with Gasteiger partial charge in [0.2, 0.25) is 5.91 Å². The van der Waals surface area contributed by atoms with Crippen molar-refractivity contribution in [1.29, 1.82) is 0 Å². The van der Waals surface area contributed by atoms with Gasteiger partial charge in [-0.1, -0.05) is 23.8 Å². The molecule has 0 spiro atoms. The number of carbonyl (C=O) groups is 3. The molecule has 0 atom stereocenters. The predicted octanol–water partition coefficient (Wildman–Crippen LogP) is 3.39. The van der Waals surface area contributed by atoms with E-state index >= 15 is 0 Å². The summed E-state index contributed by atoms with van der Waals surface area (Å²) in [4.78, 5) is 43.1. The summed E-state index contributed by atoms with van der Waals surface area (Å²) in [6, 6.07) is 12.4. The molecule has 0 saturated carbocycles. The second kappa shape index (κ2) is 6.56. The Morgan fingerprint density at radius 3 is 2.29 bits per heavy atom. The van der Waals surface area contributed by atoms with Crippen molar-refractivity contribution in [3.63, 3.8) is 0 Å². The van der Waals surface area contributed by atoms with Gasteiger partial charge in [-0.25, -0.2) is 0 Å². The number of rotatable bonds is 3. The molecule has 6 nitrogen and oxygen atoms in total. The lowest BCUT2D eigenvalue weighted by Gasteiger charge is -2.15. The highest BCUT2D eigenvalue weighted by molar-refractivity contribution is 6.22. The number of imide groups is 1. The van der Waals surface area contributed by atoms with E-state index in [1.54, 1.807) is 30.3 Å². The van der Waals surface area contributed by atoms with Crippen LogP contribution >= 0.6 is 0 Å². The van der Waals surface area contributed by atoms with Gasteiger partial charge in [-0.3, -0.25) is 24.3 Å². The highest BCUT2D eigenvalue weighted by Gasteiger charge is 2.36. The third-order valence-electron chi connectivity index (χ3n) is 4.83. The number of benzene rings is 2. The van der Waals surface area contributed by atoms with E-state index in [2.05, 4.69) is 10.3 Å². The SMILES string of the molecule is Cc1cc(C)c2nc(C)cc(NC(=O)CN3C(=O)c4ccccc4C3=O)c2c1. The Hall–Kier alpha value is -3.54. The van der Waals surface area contributed by atoms with Crippen LogP contribution in [0, 0.1) is 20.8 Å². The zero-order valence-electron chi connectivity index (χ0n) is 15.9. The molecule has 3 amide bonds. The average molecular weight is 373 g/mol. The molecule has 0 radical (unpaired) electrons. The molecule has 2 aromatic carbocycles. The molecule has 0 bridgehead atoms. The Bertz CT molecular complexity index is 1130. The molecule has 140 valence electrons. The molecule has 1 aliphatic rings. The van der Waals surface area contributed by atoms with Crippen molar-refractivity contribution in [2.45, 2.75) is 20.8 Å². The fraction of sp³-hybridized carbons (Fsp3) is 0.182. The van der Waals surface area contributed by atoms with Crippen molar-refractivity contribution in [2.24, 2.45) is 0 Å². The van der Waals surface area contributed by atoms with Crippen LogP contribution < -0.4 is 5.32 Å². The van der Waals surface area contributed by atoms with Crippen LogP contribution in [0.25, 0.3) is 10.9 Å². The molecule has 0 unspecified atom stereocenters. The van der Waals surface area contributed by atoms with Crippen LogP contribution in [0.4, 0.5) is 5.69 Å². The van der Waals surface area contributed by atoms with E-state index in [1.807, 2.05) is 32.9 Å². The normalized spacial score (nSPS) is 13.2. The summed E-state index contributed by atoms with van der Waals surface area (Å²) < 4.78 is 0. The Morgan fingerprint density at radius 1 is 1.00 bits per heavy atom. The van der Waals surface area contributed by atoms with E-state index in [9.17, 15) is 14.4 Å². The first-order valence-electron chi connectivity index (χ1n) is 8.99. The summed E-state index contributed by atoms with van der Waals surface area (Å²) >= 11 is 0. The molecule has 1 aliphatic heterocycles. The maximum Gasteiger partial charge on any atom is 0.262 e. The van der Waals surface area contributed by atoms with E-state index in [1.165, 1.54) is 0 Å². The van der Waals surface area contributed by atoms with Crippen LogP contribution in [0.2, 0.25) is 0 Å². The molecule has 3 aromatic rings. The molecule has 2 heterocycles. The lowest BCUT2D eigenvalue weighted by molar-refractivity contribution is -0.116. The minimum atomic E-state index is -0.446. The molecule has 28 heavy (non-hydrogen) atoms. The van der Waals surface area contributed by atoms with Crippen LogP contribution in [0.1, 0.15) is 37.5 Å². The van der Waals surface area contributed by atoms with E-state index in [0.29, 0.717) is 16.8 Å². The van der Waals surface area contributed by atoms with Crippen LogP contribution in [-0.2, 0) is 4.79 Å². The number of fused-ring (bicyclic) bond motifs is 2. The molecule has 0 aliphatic carbocycles. The monoisotopic (exact) mass is 373 g/mol. The van der Waals surface area contributed by atoms with Gasteiger partial charge in [0.25, 0.3) is 11.8 Å². The van der Waals surface area contributed by atoms with Crippen LogP contribution in [0.15, 0.2) is 42.5 Å². The third kappa shape index (κ3) is 2.93. The van der Waals surface area contributed by atoms with Gasteiger partial charge < -0.3 is 5.32 Å². The molecular formula is C22H19N3O3. The standard InChI is InChI=1S/C22H19N3O3/c1-12-8-13(2)20-17(9-12)18(10-14(3)23-20)24-19(26)11-25-21(27)15-6-4-5-7-16(15)22(25)28/h4-10H,11H2,1-3H3,(H,23,24,26). The number of amides is 3. The molecule has 0 saturated heterocycles. The Morgan fingerprint density at radius 2 is 1.64 bits per heavy atom. The maximum atomic E-state index is 12.7. The maximum absolute atomic E-state index is 12.7. The molecular weight excluding hydrogens is 354 g/mol. The average Bonchev–Trinajstić information content (AvgIpc) is 2.88.